The summed E-state index contributed by atoms with van der Waals surface area (Å²) in [5.74, 6) is 0.0558. The Labute approximate surface area is 95.3 Å². The van der Waals surface area contributed by atoms with E-state index in [1.807, 2.05) is 0 Å². The van der Waals surface area contributed by atoms with Crippen molar-refractivity contribution in [1.82, 2.24) is 0 Å². The molecule has 0 spiro atoms. The zero-order valence-electron chi connectivity index (χ0n) is 8.68. The van der Waals surface area contributed by atoms with Crippen LogP contribution in [-0.4, -0.2) is 10.2 Å². The van der Waals surface area contributed by atoms with Crippen LogP contribution in [0.15, 0.2) is 45.6 Å². The molecule has 4 nitrogen and oxygen atoms in total. The van der Waals surface area contributed by atoms with E-state index >= 15 is 0 Å². The quantitative estimate of drug-likeness (QED) is 0.579. The number of hydrogen-bond donors (Lipinski definition) is 2. The van der Waals surface area contributed by atoms with Gasteiger partial charge in [0, 0.05) is 12.1 Å². The van der Waals surface area contributed by atoms with Crippen LogP contribution in [0.4, 0.5) is 0 Å². The minimum Gasteiger partial charge on any atom is -0.508 e. The molecule has 0 aliphatic carbocycles. The van der Waals surface area contributed by atoms with Gasteiger partial charge in [0.1, 0.15) is 22.7 Å². The topological polar surface area (TPSA) is 70.7 Å². The summed E-state index contributed by atoms with van der Waals surface area (Å²) < 4.78 is 5.47. The highest BCUT2D eigenvalue weighted by atomic mass is 16.3. The molecule has 0 unspecified atom stereocenters. The number of phenols is 2. The van der Waals surface area contributed by atoms with Crippen molar-refractivity contribution >= 4 is 21.9 Å². The van der Waals surface area contributed by atoms with Gasteiger partial charge in [-0.05, 0) is 24.3 Å². The molecule has 4 heteroatoms. The van der Waals surface area contributed by atoms with Gasteiger partial charge in [0.15, 0.2) is 0 Å². The van der Waals surface area contributed by atoms with Gasteiger partial charge < -0.3 is 14.6 Å². The van der Waals surface area contributed by atoms with Crippen LogP contribution in [0.2, 0.25) is 0 Å². The molecule has 0 aliphatic rings. The van der Waals surface area contributed by atoms with E-state index in [2.05, 4.69) is 0 Å². The summed E-state index contributed by atoms with van der Waals surface area (Å²) in [7, 11) is 0. The SMILES string of the molecule is O=c1c2ccc(O)cc2oc2cc(O)ccc12. The smallest absolute Gasteiger partial charge is 0.200 e. The van der Waals surface area contributed by atoms with Crippen LogP contribution in [0, 0.1) is 0 Å². The second-order valence-corrected chi connectivity index (χ2v) is 3.79. The summed E-state index contributed by atoms with van der Waals surface area (Å²) in [5.41, 5.74) is 0.419. The second-order valence-electron chi connectivity index (χ2n) is 3.79. The van der Waals surface area contributed by atoms with Crippen molar-refractivity contribution in [3.8, 4) is 11.5 Å². The molecule has 0 amide bonds. The van der Waals surface area contributed by atoms with Crippen LogP contribution >= 0.6 is 0 Å². The molecule has 0 fully saturated rings. The monoisotopic (exact) mass is 228 g/mol. The Morgan fingerprint density at radius 2 is 1.29 bits per heavy atom. The molecule has 0 saturated carbocycles. The number of phenolic OH excluding ortho intramolecular Hbond substituents is 2. The minimum atomic E-state index is -0.179. The Morgan fingerprint density at radius 3 is 1.76 bits per heavy atom. The van der Waals surface area contributed by atoms with Gasteiger partial charge >= 0.3 is 0 Å². The van der Waals surface area contributed by atoms with E-state index in [-0.39, 0.29) is 16.9 Å². The van der Waals surface area contributed by atoms with Crippen LogP contribution in [-0.2, 0) is 0 Å². The zero-order chi connectivity index (χ0) is 12.0. The summed E-state index contributed by atoms with van der Waals surface area (Å²) >= 11 is 0. The second kappa shape index (κ2) is 3.25. The van der Waals surface area contributed by atoms with Gasteiger partial charge in [0.2, 0.25) is 5.43 Å². The zero-order valence-corrected chi connectivity index (χ0v) is 8.68. The van der Waals surface area contributed by atoms with E-state index in [9.17, 15) is 15.0 Å². The third-order valence-corrected chi connectivity index (χ3v) is 2.64. The van der Waals surface area contributed by atoms with Crippen molar-refractivity contribution in [3.05, 3.63) is 46.6 Å². The standard InChI is InChI=1S/C13H8O4/c14-7-1-3-9-11(5-7)17-12-6-8(15)2-4-10(12)13(9)16/h1-6,14-15H. The van der Waals surface area contributed by atoms with Gasteiger partial charge in [0.25, 0.3) is 0 Å². The van der Waals surface area contributed by atoms with Gasteiger partial charge in [-0.15, -0.1) is 0 Å². The first kappa shape index (κ1) is 9.72. The van der Waals surface area contributed by atoms with Crippen molar-refractivity contribution in [2.75, 3.05) is 0 Å². The van der Waals surface area contributed by atoms with Gasteiger partial charge in [-0.1, -0.05) is 0 Å². The van der Waals surface area contributed by atoms with Gasteiger partial charge in [-0.3, -0.25) is 4.79 Å². The molecule has 2 aromatic carbocycles. The van der Waals surface area contributed by atoms with E-state index in [1.54, 1.807) is 0 Å². The maximum absolute atomic E-state index is 12.1. The highest BCUT2D eigenvalue weighted by molar-refractivity contribution is 5.90. The molecule has 17 heavy (non-hydrogen) atoms. The predicted molar refractivity (Wildman–Crippen MR) is 63.3 cm³/mol. The first-order chi connectivity index (χ1) is 8.15. The van der Waals surface area contributed by atoms with Crippen molar-refractivity contribution in [2.24, 2.45) is 0 Å². The molecule has 1 heterocycles. The molecule has 1 aromatic heterocycles. The Balaban J connectivity index is 2.57. The molecule has 0 bridgehead atoms. The van der Waals surface area contributed by atoms with Gasteiger partial charge in [-0.2, -0.15) is 0 Å². The van der Waals surface area contributed by atoms with Crippen molar-refractivity contribution < 1.29 is 14.6 Å². The first-order valence-corrected chi connectivity index (χ1v) is 5.04. The fourth-order valence-electron chi connectivity index (χ4n) is 1.83. The average molecular weight is 228 g/mol. The highest BCUT2D eigenvalue weighted by Crippen LogP contribution is 2.24. The van der Waals surface area contributed by atoms with E-state index in [0.717, 1.165) is 0 Å². The van der Waals surface area contributed by atoms with E-state index in [1.165, 1.54) is 36.4 Å². The Bertz CT molecular complexity index is 723. The van der Waals surface area contributed by atoms with Crippen molar-refractivity contribution in [3.63, 3.8) is 0 Å². The molecule has 3 rings (SSSR count). The summed E-state index contributed by atoms with van der Waals surface area (Å²) in [4.78, 5) is 12.1. The number of benzene rings is 2. The lowest BCUT2D eigenvalue weighted by atomic mass is 10.1. The highest BCUT2D eigenvalue weighted by Gasteiger charge is 2.08. The van der Waals surface area contributed by atoms with Gasteiger partial charge in [0.05, 0.1) is 10.8 Å². The molecule has 2 N–H and O–H groups in total. The summed E-state index contributed by atoms with van der Waals surface area (Å²) in [6.07, 6.45) is 0. The molecule has 0 radical (unpaired) electrons. The number of rotatable bonds is 0. The normalized spacial score (nSPS) is 11.1. The molecule has 0 aliphatic heterocycles. The van der Waals surface area contributed by atoms with Crippen molar-refractivity contribution in [2.45, 2.75) is 0 Å². The average Bonchev–Trinajstić information content (AvgIpc) is 2.28. The van der Waals surface area contributed by atoms with Gasteiger partial charge in [-0.25, -0.2) is 0 Å². The first-order valence-electron chi connectivity index (χ1n) is 5.04. The number of aromatic hydroxyl groups is 2. The maximum atomic E-state index is 12.1. The lowest BCUT2D eigenvalue weighted by molar-refractivity contribution is 0.473. The third kappa shape index (κ3) is 1.42. The molecular formula is C13H8O4. The molecule has 0 atom stereocenters. The fraction of sp³-hybridized carbons (Fsp3) is 0. The van der Waals surface area contributed by atoms with E-state index < -0.39 is 0 Å². The lowest BCUT2D eigenvalue weighted by Crippen LogP contribution is -2.01. The number of fused-ring (bicyclic) bond motifs is 2. The van der Waals surface area contributed by atoms with Crippen molar-refractivity contribution in [1.29, 1.82) is 0 Å². The summed E-state index contributed by atoms with van der Waals surface area (Å²) in [6, 6.07) is 8.66. The van der Waals surface area contributed by atoms with Crippen LogP contribution < -0.4 is 5.43 Å². The maximum Gasteiger partial charge on any atom is 0.200 e. The molecule has 3 aromatic rings. The Kier molecular flexibility index (Phi) is 1.86. The van der Waals surface area contributed by atoms with Crippen LogP contribution in [0.5, 0.6) is 11.5 Å². The van der Waals surface area contributed by atoms with Crippen LogP contribution in [0.1, 0.15) is 0 Å². The van der Waals surface area contributed by atoms with E-state index in [4.69, 9.17) is 4.42 Å². The molecule has 0 saturated heterocycles. The molecule has 84 valence electrons. The van der Waals surface area contributed by atoms with Crippen LogP contribution in [0.3, 0.4) is 0 Å². The van der Waals surface area contributed by atoms with Crippen LogP contribution in [0.25, 0.3) is 21.9 Å². The molecular weight excluding hydrogens is 220 g/mol. The predicted octanol–water partition coefficient (Wildman–Crippen LogP) is 2.36. The Hall–Kier alpha value is -2.49. The minimum absolute atomic E-state index is 0.0279. The lowest BCUT2D eigenvalue weighted by Gasteiger charge is -2.02. The Morgan fingerprint density at radius 1 is 0.824 bits per heavy atom. The van der Waals surface area contributed by atoms with E-state index in [0.29, 0.717) is 21.9 Å². The largest absolute Gasteiger partial charge is 0.508 e. The third-order valence-electron chi connectivity index (χ3n) is 2.64. The fourth-order valence-corrected chi connectivity index (χ4v) is 1.83. The summed E-state index contributed by atoms with van der Waals surface area (Å²) in [6.45, 7) is 0. The number of hydrogen-bond acceptors (Lipinski definition) is 4. The summed E-state index contributed by atoms with van der Waals surface area (Å²) in [5, 5.41) is 19.5.